The van der Waals surface area contributed by atoms with Crippen molar-refractivity contribution in [1.29, 1.82) is 0 Å². The number of methoxy groups -OCH3 is 2. The molecule has 0 unspecified atom stereocenters. The maximum atomic E-state index is 14.8. The minimum atomic E-state index is -2.01. The number of hydrogen-bond acceptors (Lipinski definition) is 9. The average molecular weight is 580 g/mol. The number of halogens is 1. The molecule has 1 aromatic heterocycles. The number of hydrogen-bond donors (Lipinski definition) is 2. The highest BCUT2D eigenvalue weighted by atomic mass is 35.5. The van der Waals surface area contributed by atoms with Crippen LogP contribution in [0.2, 0.25) is 5.02 Å². The number of anilines is 1. The van der Waals surface area contributed by atoms with Crippen LogP contribution in [-0.2, 0) is 18.9 Å². The van der Waals surface area contributed by atoms with E-state index in [4.69, 9.17) is 25.8 Å². The molecule has 1 spiro atoms. The zero-order chi connectivity index (χ0) is 29.5. The van der Waals surface area contributed by atoms with Gasteiger partial charge in [0, 0.05) is 43.3 Å². The van der Waals surface area contributed by atoms with Crippen molar-refractivity contribution in [2.75, 3.05) is 19.5 Å². The Kier molecular flexibility index (Phi) is 5.86. The molecular weight excluding hydrogens is 554 g/mol. The third-order valence-electron chi connectivity index (χ3n) is 8.28. The van der Waals surface area contributed by atoms with E-state index in [2.05, 4.69) is 5.32 Å². The number of carbonyl (C=O) groups excluding carboxylic acids is 2. The first-order valence-electron chi connectivity index (χ1n) is 12.8. The first-order valence-corrected chi connectivity index (χ1v) is 13.2. The fraction of sp³-hybridized carbons (Fsp3) is 0.310. The van der Waals surface area contributed by atoms with Gasteiger partial charge in [0.1, 0.15) is 33.7 Å². The lowest BCUT2D eigenvalue weighted by atomic mass is 9.66. The summed E-state index contributed by atoms with van der Waals surface area (Å²) in [5, 5.41) is 13.5. The summed E-state index contributed by atoms with van der Waals surface area (Å²) in [5.41, 5.74) is -2.03. The fourth-order valence-electron chi connectivity index (χ4n) is 6.23. The van der Waals surface area contributed by atoms with Crippen LogP contribution in [-0.4, -0.2) is 45.6 Å². The van der Waals surface area contributed by atoms with Gasteiger partial charge in [0.15, 0.2) is 5.75 Å². The number of aromatic hydroxyl groups is 1. The molecule has 2 aromatic carbocycles. The SMILES string of the molecule is COc1cc(OC)c2c(c1Cl)O[C@@]1(C(=O)C3=C(C[C@H]1C)Nc1c(c(=O)n(C)c(=O)n1C)[C@@H]3c1cccc(O)c1)C2=O. The molecule has 0 saturated carbocycles. The van der Waals surface area contributed by atoms with E-state index in [1.165, 1.54) is 51.1 Å². The number of rotatable bonds is 3. The van der Waals surface area contributed by atoms with E-state index in [9.17, 15) is 24.3 Å². The topological polar surface area (TPSA) is 138 Å². The minimum absolute atomic E-state index is 0.0199. The number of aromatic nitrogens is 2. The highest BCUT2D eigenvalue weighted by Gasteiger charge is 2.63. The summed E-state index contributed by atoms with van der Waals surface area (Å²) in [7, 11) is 5.66. The van der Waals surface area contributed by atoms with Crippen LogP contribution in [0, 0.1) is 5.92 Å². The lowest BCUT2D eigenvalue weighted by Crippen LogP contribution is -2.58. The first-order chi connectivity index (χ1) is 19.5. The van der Waals surface area contributed by atoms with Crippen LogP contribution in [0.25, 0.3) is 0 Å². The van der Waals surface area contributed by atoms with E-state index < -0.39 is 40.3 Å². The van der Waals surface area contributed by atoms with Crippen LogP contribution in [0.5, 0.6) is 23.0 Å². The van der Waals surface area contributed by atoms with Crippen LogP contribution < -0.4 is 30.8 Å². The number of ether oxygens (including phenoxy) is 3. The van der Waals surface area contributed by atoms with Gasteiger partial charge in [-0.2, -0.15) is 0 Å². The molecular formula is C29H26ClN3O8. The predicted octanol–water partition coefficient (Wildman–Crippen LogP) is 2.89. The zero-order valence-corrected chi connectivity index (χ0v) is 23.6. The Hall–Kier alpha value is -4.51. The van der Waals surface area contributed by atoms with Gasteiger partial charge >= 0.3 is 5.69 Å². The Morgan fingerprint density at radius 1 is 1.05 bits per heavy atom. The first kappa shape index (κ1) is 26.7. The molecule has 3 atom stereocenters. The standard InChI is InChI=1S/C29H26ClN3O8/c1-12-9-15-19(24(35)29(12)25(36)20-16(39-4)11-17(40-5)22(30)23(20)41-29)18(13-7-6-8-14(34)10-13)21-26(31-15)32(2)28(38)33(3)27(21)37/h6-8,10-12,18,31,34H,9H2,1-5H3/t12-,18-,29+/m1/s1. The van der Waals surface area contributed by atoms with E-state index in [1.54, 1.807) is 19.1 Å². The van der Waals surface area contributed by atoms with Crippen molar-refractivity contribution in [3.63, 3.8) is 0 Å². The van der Waals surface area contributed by atoms with Gasteiger partial charge in [0.2, 0.25) is 17.2 Å². The molecule has 6 rings (SSSR count). The van der Waals surface area contributed by atoms with Gasteiger partial charge < -0.3 is 24.6 Å². The summed E-state index contributed by atoms with van der Waals surface area (Å²) in [5.74, 6) is -2.51. The third kappa shape index (κ3) is 3.38. The third-order valence-corrected chi connectivity index (χ3v) is 8.64. The normalized spacial score (nSPS) is 22.6. The van der Waals surface area contributed by atoms with Gasteiger partial charge in [-0.3, -0.25) is 23.5 Å². The molecule has 2 aliphatic heterocycles. The molecule has 3 aromatic rings. The van der Waals surface area contributed by atoms with E-state index >= 15 is 0 Å². The lowest BCUT2D eigenvalue weighted by Gasteiger charge is -2.42. The van der Waals surface area contributed by atoms with Crippen LogP contribution in [0.1, 0.15) is 40.7 Å². The van der Waals surface area contributed by atoms with Crippen molar-refractivity contribution in [3.05, 3.63) is 84.2 Å². The summed E-state index contributed by atoms with van der Waals surface area (Å²) >= 11 is 6.57. The van der Waals surface area contributed by atoms with Crippen molar-refractivity contribution in [1.82, 2.24) is 9.13 Å². The molecule has 212 valence electrons. The van der Waals surface area contributed by atoms with Crippen molar-refractivity contribution < 1.29 is 28.9 Å². The number of nitrogens with one attached hydrogen (secondary N) is 1. The fourth-order valence-corrected chi connectivity index (χ4v) is 6.49. The molecule has 41 heavy (non-hydrogen) atoms. The maximum absolute atomic E-state index is 14.8. The van der Waals surface area contributed by atoms with E-state index in [0.29, 0.717) is 11.3 Å². The van der Waals surface area contributed by atoms with Crippen molar-refractivity contribution in [3.8, 4) is 23.0 Å². The number of fused-ring (bicyclic) bond motifs is 2. The maximum Gasteiger partial charge on any atom is 0.332 e. The number of carbonyl (C=O) groups is 2. The summed E-state index contributed by atoms with van der Waals surface area (Å²) in [4.78, 5) is 55.5. The summed E-state index contributed by atoms with van der Waals surface area (Å²) in [6.45, 7) is 1.71. The summed E-state index contributed by atoms with van der Waals surface area (Å²) < 4.78 is 19.3. The molecule has 0 fully saturated rings. The number of benzene rings is 2. The number of phenols is 1. The van der Waals surface area contributed by atoms with E-state index in [1.807, 2.05) is 0 Å². The van der Waals surface area contributed by atoms with Crippen molar-refractivity contribution in [2.45, 2.75) is 24.9 Å². The van der Waals surface area contributed by atoms with Gasteiger partial charge in [0.05, 0.1) is 19.8 Å². The number of ketones is 2. The highest BCUT2D eigenvalue weighted by molar-refractivity contribution is 6.36. The molecule has 3 aliphatic rings. The van der Waals surface area contributed by atoms with E-state index in [0.717, 1.165) is 4.57 Å². The Morgan fingerprint density at radius 2 is 1.76 bits per heavy atom. The van der Waals surface area contributed by atoms with Gasteiger partial charge in [-0.25, -0.2) is 4.79 Å². The molecule has 1 aliphatic carbocycles. The summed E-state index contributed by atoms with van der Waals surface area (Å²) in [6, 6.07) is 7.64. The average Bonchev–Trinajstić information content (AvgIpc) is 3.27. The number of nitrogens with zero attached hydrogens (tertiary/aromatic N) is 2. The van der Waals surface area contributed by atoms with Crippen LogP contribution >= 0.6 is 11.6 Å². The van der Waals surface area contributed by atoms with Gasteiger partial charge in [-0.05, 0) is 24.1 Å². The Balaban J connectivity index is 1.62. The monoisotopic (exact) mass is 579 g/mol. The Labute approximate surface area is 238 Å². The predicted molar refractivity (Wildman–Crippen MR) is 149 cm³/mol. The largest absolute Gasteiger partial charge is 0.508 e. The van der Waals surface area contributed by atoms with Crippen LogP contribution in [0.4, 0.5) is 5.82 Å². The second kappa shape index (κ2) is 9.00. The van der Waals surface area contributed by atoms with Gasteiger partial charge in [-0.1, -0.05) is 30.7 Å². The molecule has 0 radical (unpaired) electrons. The smallest absolute Gasteiger partial charge is 0.332 e. The number of phenolic OH excluding ortho intramolecular Hbond substituents is 1. The van der Waals surface area contributed by atoms with Crippen LogP contribution in [0.3, 0.4) is 0 Å². The molecule has 0 saturated heterocycles. The molecule has 3 heterocycles. The second-order valence-electron chi connectivity index (χ2n) is 10.4. The van der Waals surface area contributed by atoms with E-state index in [-0.39, 0.29) is 57.0 Å². The Morgan fingerprint density at radius 3 is 2.41 bits per heavy atom. The number of allylic oxidation sites excluding steroid dienone is 1. The molecule has 11 nitrogen and oxygen atoms in total. The van der Waals surface area contributed by atoms with Crippen molar-refractivity contribution in [2.24, 2.45) is 20.0 Å². The van der Waals surface area contributed by atoms with Gasteiger partial charge in [0.25, 0.3) is 5.56 Å². The molecule has 0 bridgehead atoms. The molecule has 2 N–H and O–H groups in total. The van der Waals surface area contributed by atoms with Crippen molar-refractivity contribution >= 4 is 29.0 Å². The molecule has 12 heteroatoms. The highest BCUT2D eigenvalue weighted by Crippen LogP contribution is 2.56. The minimum Gasteiger partial charge on any atom is -0.508 e. The Bertz CT molecular complexity index is 1860. The van der Waals surface area contributed by atoms with Crippen LogP contribution in [0.15, 0.2) is 51.2 Å². The summed E-state index contributed by atoms with van der Waals surface area (Å²) in [6.07, 6.45) is 0.163. The number of Topliss-reactive ketones (excluding diaryl/α,β-unsaturated/α-hetero) is 2. The zero-order valence-electron chi connectivity index (χ0n) is 22.8. The second-order valence-corrected chi connectivity index (χ2v) is 10.8. The van der Waals surface area contributed by atoms with Gasteiger partial charge in [-0.15, -0.1) is 0 Å². The quantitative estimate of drug-likeness (QED) is 0.448. The molecule has 0 amide bonds. The lowest BCUT2D eigenvalue weighted by molar-refractivity contribution is -0.130.